The first kappa shape index (κ1) is 10.7. The van der Waals surface area contributed by atoms with Crippen LogP contribution in [0.5, 0.6) is 0 Å². The van der Waals surface area contributed by atoms with Crippen LogP contribution in [0.2, 0.25) is 0 Å². The molecule has 1 aliphatic rings. The maximum atomic E-state index is 4.18. The van der Waals surface area contributed by atoms with E-state index in [2.05, 4.69) is 21.7 Å². The van der Waals surface area contributed by atoms with Crippen LogP contribution in [-0.2, 0) is 6.67 Å². The van der Waals surface area contributed by atoms with E-state index >= 15 is 0 Å². The summed E-state index contributed by atoms with van der Waals surface area (Å²) in [6, 6.07) is 8.75. The lowest BCUT2D eigenvalue weighted by Crippen LogP contribution is -2.32. The highest BCUT2D eigenvalue weighted by molar-refractivity contribution is 5.73. The molecule has 4 nitrogen and oxygen atoms in total. The van der Waals surface area contributed by atoms with Gasteiger partial charge < -0.3 is 0 Å². The summed E-state index contributed by atoms with van der Waals surface area (Å²) in [7, 11) is 0. The van der Waals surface area contributed by atoms with E-state index in [4.69, 9.17) is 0 Å². The fourth-order valence-electron chi connectivity index (χ4n) is 2.56. The SMILES string of the molecule is c1ccc2c(c1)nnn2CNC1CCCCC1. The molecule has 1 heterocycles. The number of rotatable bonds is 3. The molecule has 4 heteroatoms. The van der Waals surface area contributed by atoms with Gasteiger partial charge in [0.15, 0.2) is 0 Å². The Morgan fingerprint density at radius 2 is 2.00 bits per heavy atom. The van der Waals surface area contributed by atoms with Crippen molar-refractivity contribution in [1.29, 1.82) is 0 Å². The third-order valence-electron chi connectivity index (χ3n) is 3.56. The van der Waals surface area contributed by atoms with E-state index in [-0.39, 0.29) is 0 Å². The second-order valence-electron chi connectivity index (χ2n) is 4.77. The fraction of sp³-hybridized carbons (Fsp3) is 0.538. The van der Waals surface area contributed by atoms with Crippen LogP contribution in [0.15, 0.2) is 24.3 Å². The van der Waals surface area contributed by atoms with Gasteiger partial charge in [0, 0.05) is 6.04 Å². The topological polar surface area (TPSA) is 42.7 Å². The number of nitrogens with one attached hydrogen (secondary N) is 1. The molecule has 0 aliphatic heterocycles. The smallest absolute Gasteiger partial charge is 0.113 e. The molecule has 1 fully saturated rings. The first-order chi connectivity index (χ1) is 8.43. The Kier molecular flexibility index (Phi) is 3.05. The average Bonchev–Trinajstić information content (AvgIpc) is 2.81. The monoisotopic (exact) mass is 230 g/mol. The Bertz CT molecular complexity index is 485. The Morgan fingerprint density at radius 1 is 1.18 bits per heavy atom. The van der Waals surface area contributed by atoms with Crippen LogP contribution in [0.1, 0.15) is 32.1 Å². The van der Waals surface area contributed by atoms with Crippen LogP contribution in [-0.4, -0.2) is 21.0 Å². The van der Waals surface area contributed by atoms with Crippen LogP contribution >= 0.6 is 0 Å². The Balaban J connectivity index is 1.68. The van der Waals surface area contributed by atoms with Crippen LogP contribution in [0.25, 0.3) is 11.0 Å². The van der Waals surface area contributed by atoms with E-state index in [0.717, 1.165) is 17.7 Å². The van der Waals surface area contributed by atoms with Crippen molar-refractivity contribution in [2.75, 3.05) is 0 Å². The zero-order chi connectivity index (χ0) is 11.5. The molecule has 17 heavy (non-hydrogen) atoms. The highest BCUT2D eigenvalue weighted by atomic mass is 15.5. The van der Waals surface area contributed by atoms with E-state index in [0.29, 0.717) is 6.04 Å². The molecule has 1 aromatic heterocycles. The van der Waals surface area contributed by atoms with Gasteiger partial charge in [-0.25, -0.2) is 4.68 Å². The van der Waals surface area contributed by atoms with Crippen molar-refractivity contribution >= 4 is 11.0 Å². The summed E-state index contributed by atoms with van der Waals surface area (Å²) < 4.78 is 1.95. The predicted octanol–water partition coefficient (Wildman–Crippen LogP) is 2.31. The van der Waals surface area contributed by atoms with E-state index < -0.39 is 0 Å². The van der Waals surface area contributed by atoms with Gasteiger partial charge in [0.2, 0.25) is 0 Å². The van der Waals surface area contributed by atoms with E-state index in [1.165, 1.54) is 32.1 Å². The van der Waals surface area contributed by atoms with Gasteiger partial charge in [-0.15, -0.1) is 5.10 Å². The van der Waals surface area contributed by atoms with Gasteiger partial charge in [-0.05, 0) is 25.0 Å². The van der Waals surface area contributed by atoms with Crippen LogP contribution in [0.4, 0.5) is 0 Å². The molecule has 0 saturated heterocycles. The number of para-hydroxylation sites is 1. The van der Waals surface area contributed by atoms with Crippen molar-refractivity contribution in [3.8, 4) is 0 Å². The third kappa shape index (κ3) is 2.31. The molecule has 1 aliphatic carbocycles. The minimum atomic E-state index is 0.659. The zero-order valence-corrected chi connectivity index (χ0v) is 9.97. The molecule has 1 saturated carbocycles. The number of aromatic nitrogens is 3. The number of fused-ring (bicyclic) bond motifs is 1. The van der Waals surface area contributed by atoms with Crippen LogP contribution in [0.3, 0.4) is 0 Å². The van der Waals surface area contributed by atoms with E-state index in [1.807, 2.05) is 22.9 Å². The Morgan fingerprint density at radius 3 is 2.88 bits per heavy atom. The Labute approximate surface area is 101 Å². The maximum absolute atomic E-state index is 4.18. The summed E-state index contributed by atoms with van der Waals surface area (Å²) in [4.78, 5) is 0. The lowest BCUT2D eigenvalue weighted by Gasteiger charge is -2.22. The number of nitrogens with zero attached hydrogens (tertiary/aromatic N) is 3. The highest BCUT2D eigenvalue weighted by Gasteiger charge is 2.13. The number of hydrogen-bond acceptors (Lipinski definition) is 3. The van der Waals surface area contributed by atoms with Crippen molar-refractivity contribution in [3.63, 3.8) is 0 Å². The van der Waals surface area contributed by atoms with E-state index in [9.17, 15) is 0 Å². The molecule has 0 spiro atoms. The third-order valence-corrected chi connectivity index (χ3v) is 3.56. The molecular weight excluding hydrogens is 212 g/mol. The normalized spacial score (nSPS) is 17.6. The summed E-state index contributed by atoms with van der Waals surface area (Å²) in [5.41, 5.74) is 2.08. The molecular formula is C13H18N4. The van der Waals surface area contributed by atoms with Crippen LogP contribution in [0, 0.1) is 0 Å². The summed E-state index contributed by atoms with van der Waals surface area (Å²) in [6.45, 7) is 0.769. The first-order valence-corrected chi connectivity index (χ1v) is 6.45. The molecule has 1 aromatic carbocycles. The van der Waals surface area contributed by atoms with Gasteiger partial charge in [0.1, 0.15) is 5.52 Å². The summed E-state index contributed by atoms with van der Waals surface area (Å²) in [5, 5.41) is 11.9. The van der Waals surface area contributed by atoms with E-state index in [1.54, 1.807) is 0 Å². The van der Waals surface area contributed by atoms with Gasteiger partial charge in [-0.2, -0.15) is 0 Å². The van der Waals surface area contributed by atoms with Gasteiger partial charge in [-0.3, -0.25) is 5.32 Å². The quantitative estimate of drug-likeness (QED) is 0.880. The van der Waals surface area contributed by atoms with Gasteiger partial charge in [-0.1, -0.05) is 36.6 Å². The Hall–Kier alpha value is -1.42. The summed E-state index contributed by atoms with van der Waals surface area (Å²) >= 11 is 0. The maximum Gasteiger partial charge on any atom is 0.113 e. The molecule has 0 bridgehead atoms. The summed E-state index contributed by atoms with van der Waals surface area (Å²) in [6.07, 6.45) is 6.70. The lowest BCUT2D eigenvalue weighted by atomic mass is 9.96. The molecule has 0 amide bonds. The molecule has 3 rings (SSSR count). The van der Waals surface area contributed by atoms with Gasteiger partial charge in [0.25, 0.3) is 0 Å². The second-order valence-corrected chi connectivity index (χ2v) is 4.77. The molecule has 90 valence electrons. The predicted molar refractivity (Wildman–Crippen MR) is 67.5 cm³/mol. The number of hydrogen-bond donors (Lipinski definition) is 1. The lowest BCUT2D eigenvalue weighted by molar-refractivity contribution is 0.340. The molecule has 0 atom stereocenters. The van der Waals surface area contributed by atoms with Crippen molar-refractivity contribution in [2.45, 2.75) is 44.8 Å². The van der Waals surface area contributed by atoms with Gasteiger partial charge in [0.05, 0.1) is 12.2 Å². The molecule has 0 radical (unpaired) electrons. The summed E-state index contributed by atoms with van der Waals surface area (Å²) in [5.74, 6) is 0. The molecule has 2 aromatic rings. The minimum absolute atomic E-state index is 0.659. The highest BCUT2D eigenvalue weighted by Crippen LogP contribution is 2.17. The largest absolute Gasteiger partial charge is 0.295 e. The average molecular weight is 230 g/mol. The van der Waals surface area contributed by atoms with Gasteiger partial charge >= 0.3 is 0 Å². The van der Waals surface area contributed by atoms with Crippen LogP contribution < -0.4 is 5.32 Å². The standard InChI is InChI=1S/C13H18N4/c1-2-6-11(7-3-1)14-10-17-13-9-5-4-8-12(13)15-16-17/h4-5,8-9,11,14H,1-3,6-7,10H2. The number of benzene rings is 1. The van der Waals surface area contributed by atoms with Crippen molar-refractivity contribution < 1.29 is 0 Å². The second kappa shape index (κ2) is 4.84. The van der Waals surface area contributed by atoms with Crippen molar-refractivity contribution in [1.82, 2.24) is 20.3 Å². The fourth-order valence-corrected chi connectivity index (χ4v) is 2.56. The van der Waals surface area contributed by atoms with Crippen molar-refractivity contribution in [2.24, 2.45) is 0 Å². The zero-order valence-electron chi connectivity index (χ0n) is 9.97. The first-order valence-electron chi connectivity index (χ1n) is 6.45. The van der Waals surface area contributed by atoms with Crippen molar-refractivity contribution in [3.05, 3.63) is 24.3 Å². The molecule has 0 unspecified atom stereocenters. The molecule has 1 N–H and O–H groups in total. The minimum Gasteiger partial charge on any atom is -0.295 e.